The zero-order valence-corrected chi connectivity index (χ0v) is 23.3. The molecule has 0 radical (unpaired) electrons. The highest BCUT2D eigenvalue weighted by molar-refractivity contribution is 6.25. The highest BCUT2D eigenvalue weighted by Crippen LogP contribution is 2.51. The summed E-state index contributed by atoms with van der Waals surface area (Å²) in [6.45, 7) is 0. The van der Waals surface area contributed by atoms with Gasteiger partial charge < -0.3 is 0 Å². The minimum atomic E-state index is 0.425. The second-order valence-corrected chi connectivity index (χ2v) is 12.0. The molecule has 0 fully saturated rings. The van der Waals surface area contributed by atoms with Gasteiger partial charge in [-0.2, -0.15) is 0 Å². The van der Waals surface area contributed by atoms with Crippen LogP contribution in [0, 0.1) is 11.8 Å². The Morgan fingerprint density at radius 3 is 1.43 bits per heavy atom. The maximum atomic E-state index is 2.47. The van der Waals surface area contributed by atoms with Crippen LogP contribution in [0.4, 0.5) is 0 Å². The molecule has 0 heteroatoms. The number of allylic oxidation sites excluding steroid dienone is 8. The number of fused-ring (bicyclic) bond motifs is 12. The van der Waals surface area contributed by atoms with Crippen LogP contribution in [0.1, 0.15) is 23.0 Å². The summed E-state index contributed by atoms with van der Waals surface area (Å²) >= 11 is 0. The highest BCUT2D eigenvalue weighted by Gasteiger charge is 2.39. The van der Waals surface area contributed by atoms with Gasteiger partial charge in [-0.05, 0) is 89.7 Å². The first-order valence-corrected chi connectivity index (χ1v) is 15.1. The Balaban J connectivity index is 1.17. The van der Waals surface area contributed by atoms with Gasteiger partial charge in [0, 0.05) is 11.8 Å². The van der Waals surface area contributed by atoms with Crippen molar-refractivity contribution in [3.63, 3.8) is 0 Å². The van der Waals surface area contributed by atoms with Crippen molar-refractivity contribution >= 4 is 32.3 Å². The van der Waals surface area contributed by atoms with E-state index in [1.165, 1.54) is 65.7 Å². The van der Waals surface area contributed by atoms with Gasteiger partial charge in [-0.25, -0.2) is 0 Å². The lowest BCUT2D eigenvalue weighted by molar-refractivity contribution is 0.370. The molecule has 42 heavy (non-hydrogen) atoms. The molecule has 3 aliphatic carbocycles. The summed E-state index contributed by atoms with van der Waals surface area (Å²) in [5, 5.41) is 7.89. The Hall–Kier alpha value is -4.94. The molecule has 0 N–H and O–H groups in total. The molecule has 0 bridgehead atoms. The van der Waals surface area contributed by atoms with Crippen LogP contribution in [0.2, 0.25) is 0 Å². The third kappa shape index (κ3) is 3.55. The van der Waals surface area contributed by atoms with E-state index < -0.39 is 0 Å². The monoisotopic (exact) mass is 534 g/mol. The Labute approximate surface area is 246 Å². The van der Waals surface area contributed by atoms with E-state index in [2.05, 4.69) is 158 Å². The Bertz CT molecular complexity index is 2130. The topological polar surface area (TPSA) is 0 Å². The minimum absolute atomic E-state index is 0.425. The van der Waals surface area contributed by atoms with Crippen molar-refractivity contribution in [1.29, 1.82) is 0 Å². The number of hydrogen-bond acceptors (Lipinski definition) is 0. The van der Waals surface area contributed by atoms with E-state index in [0.29, 0.717) is 23.7 Å². The second-order valence-electron chi connectivity index (χ2n) is 12.0. The van der Waals surface area contributed by atoms with Gasteiger partial charge in [0.05, 0.1) is 0 Å². The van der Waals surface area contributed by atoms with Gasteiger partial charge in [-0.15, -0.1) is 0 Å². The average molecular weight is 535 g/mol. The molecule has 0 aliphatic heterocycles. The lowest BCUT2D eigenvalue weighted by atomic mass is 9.61. The van der Waals surface area contributed by atoms with Gasteiger partial charge in [0.2, 0.25) is 0 Å². The van der Waals surface area contributed by atoms with Crippen molar-refractivity contribution in [2.45, 2.75) is 11.8 Å². The Kier molecular flexibility index (Phi) is 5.25. The van der Waals surface area contributed by atoms with Gasteiger partial charge in [-0.3, -0.25) is 0 Å². The molecule has 0 aromatic heterocycles. The molecular weight excluding hydrogens is 504 g/mol. The maximum Gasteiger partial charge on any atom is 0.00931 e. The van der Waals surface area contributed by atoms with Gasteiger partial charge in [0.1, 0.15) is 0 Å². The minimum Gasteiger partial charge on any atom is -0.0799 e. The largest absolute Gasteiger partial charge is 0.0799 e. The summed E-state index contributed by atoms with van der Waals surface area (Å²) in [6.07, 6.45) is 18.6. The highest BCUT2D eigenvalue weighted by atomic mass is 14.4. The molecule has 0 nitrogen and oxygen atoms in total. The predicted octanol–water partition coefficient (Wildman–Crippen LogP) is 11.1. The molecule has 4 atom stereocenters. The van der Waals surface area contributed by atoms with Crippen molar-refractivity contribution in [2.24, 2.45) is 11.8 Å². The van der Waals surface area contributed by atoms with Crippen LogP contribution in [0.5, 0.6) is 0 Å². The number of rotatable bonds is 2. The lowest BCUT2D eigenvalue weighted by Crippen LogP contribution is -2.31. The SMILES string of the molecule is C1=CC2c3ccc(-c4cccc(-c5ccc6c7ccccc7c7ccccc7c6c5)c4)cc3C3C=CC=CC3C2C=C1. The van der Waals surface area contributed by atoms with Crippen LogP contribution in [0.25, 0.3) is 54.6 Å². The quantitative estimate of drug-likeness (QED) is 0.194. The summed E-state index contributed by atoms with van der Waals surface area (Å²) in [7, 11) is 0. The van der Waals surface area contributed by atoms with Crippen molar-refractivity contribution in [2.75, 3.05) is 0 Å². The van der Waals surface area contributed by atoms with E-state index >= 15 is 0 Å². The maximum absolute atomic E-state index is 2.47. The van der Waals surface area contributed by atoms with Crippen LogP contribution in [-0.2, 0) is 0 Å². The van der Waals surface area contributed by atoms with Crippen LogP contribution in [-0.4, -0.2) is 0 Å². The zero-order valence-electron chi connectivity index (χ0n) is 23.3. The second kappa shape index (κ2) is 9.29. The molecule has 0 amide bonds. The molecule has 4 unspecified atom stereocenters. The predicted molar refractivity (Wildman–Crippen MR) is 179 cm³/mol. The molecule has 6 aromatic carbocycles. The molecule has 6 aromatic rings. The van der Waals surface area contributed by atoms with Crippen molar-refractivity contribution in [3.05, 3.63) is 169 Å². The van der Waals surface area contributed by atoms with Crippen molar-refractivity contribution in [3.8, 4) is 22.3 Å². The normalized spacial score (nSPS) is 21.9. The summed E-state index contributed by atoms with van der Waals surface area (Å²) < 4.78 is 0. The third-order valence-electron chi connectivity index (χ3n) is 9.88. The Morgan fingerprint density at radius 2 is 0.786 bits per heavy atom. The fourth-order valence-electron chi connectivity index (χ4n) is 7.92. The smallest absolute Gasteiger partial charge is 0.00931 e. The van der Waals surface area contributed by atoms with Gasteiger partial charge in [0.25, 0.3) is 0 Å². The number of benzene rings is 6. The molecule has 0 saturated heterocycles. The van der Waals surface area contributed by atoms with Crippen LogP contribution < -0.4 is 0 Å². The van der Waals surface area contributed by atoms with E-state index in [0.717, 1.165) is 0 Å². The van der Waals surface area contributed by atoms with Crippen LogP contribution in [0.15, 0.2) is 158 Å². The molecule has 0 heterocycles. The van der Waals surface area contributed by atoms with Gasteiger partial charge in [0.15, 0.2) is 0 Å². The molecule has 3 aliphatic rings. The summed E-state index contributed by atoms with van der Waals surface area (Å²) in [5.74, 6) is 1.92. The molecule has 198 valence electrons. The third-order valence-corrected chi connectivity index (χ3v) is 9.88. The van der Waals surface area contributed by atoms with Crippen LogP contribution >= 0.6 is 0 Å². The van der Waals surface area contributed by atoms with Gasteiger partial charge in [-0.1, -0.05) is 146 Å². The first-order chi connectivity index (χ1) is 20.8. The molecular formula is C42H30. The van der Waals surface area contributed by atoms with Crippen LogP contribution in [0.3, 0.4) is 0 Å². The van der Waals surface area contributed by atoms with Gasteiger partial charge >= 0.3 is 0 Å². The van der Waals surface area contributed by atoms with E-state index in [4.69, 9.17) is 0 Å². The Morgan fingerprint density at radius 1 is 0.310 bits per heavy atom. The van der Waals surface area contributed by atoms with E-state index in [9.17, 15) is 0 Å². The van der Waals surface area contributed by atoms with E-state index in [1.54, 1.807) is 0 Å². The van der Waals surface area contributed by atoms with Crippen molar-refractivity contribution in [1.82, 2.24) is 0 Å². The van der Waals surface area contributed by atoms with E-state index in [-0.39, 0.29) is 0 Å². The van der Waals surface area contributed by atoms with E-state index in [1.807, 2.05) is 0 Å². The standard InChI is InChI=1S/C42H30/c1-3-16-35-31(12-1)33-14-5-7-18-37(33)41-25-29(20-22-39(35)41)27-10-9-11-28(24-27)30-21-23-40-36-17-4-2-13-32(36)34-15-6-8-19-38(34)42(40)26-30/h1-26,31,33,35,37H. The molecule has 0 saturated carbocycles. The molecule has 0 spiro atoms. The average Bonchev–Trinajstić information content (AvgIpc) is 3.08. The fourth-order valence-corrected chi connectivity index (χ4v) is 7.92. The first-order valence-electron chi connectivity index (χ1n) is 15.1. The lowest BCUT2D eigenvalue weighted by Gasteiger charge is -2.42. The number of hydrogen-bond donors (Lipinski definition) is 0. The summed E-state index contributed by atoms with van der Waals surface area (Å²) in [5.41, 5.74) is 8.03. The summed E-state index contributed by atoms with van der Waals surface area (Å²) in [4.78, 5) is 0. The van der Waals surface area contributed by atoms with Crippen molar-refractivity contribution < 1.29 is 0 Å². The molecule has 9 rings (SSSR count). The first kappa shape index (κ1) is 23.7. The summed E-state index contributed by atoms with van der Waals surface area (Å²) in [6, 6.07) is 40.9. The zero-order chi connectivity index (χ0) is 27.6. The fraction of sp³-hybridized carbons (Fsp3) is 0.0952.